The lowest BCUT2D eigenvalue weighted by Gasteiger charge is -2.14. The van der Waals surface area contributed by atoms with Gasteiger partial charge in [0.2, 0.25) is 0 Å². The maximum Gasteiger partial charge on any atom is 0.417 e. The molecule has 1 aromatic carbocycles. The first-order chi connectivity index (χ1) is 8.36. The Balaban J connectivity index is 2.87. The first-order valence-electron chi connectivity index (χ1n) is 5.52. The van der Waals surface area contributed by atoms with Gasteiger partial charge in [0.1, 0.15) is 0 Å². The Morgan fingerprint density at radius 1 is 1.39 bits per heavy atom. The van der Waals surface area contributed by atoms with Gasteiger partial charge in [-0.3, -0.25) is 0 Å². The van der Waals surface area contributed by atoms with Crippen molar-refractivity contribution < 1.29 is 18.3 Å². The van der Waals surface area contributed by atoms with E-state index < -0.39 is 17.8 Å². The van der Waals surface area contributed by atoms with Gasteiger partial charge in [0.25, 0.3) is 0 Å². The average Bonchev–Trinajstić information content (AvgIpc) is 2.28. The highest BCUT2D eigenvalue weighted by Gasteiger charge is 2.33. The van der Waals surface area contributed by atoms with E-state index in [4.69, 9.17) is 0 Å². The first-order valence-corrected chi connectivity index (χ1v) is 6.31. The van der Waals surface area contributed by atoms with Crippen LogP contribution in [0.3, 0.4) is 0 Å². The molecule has 0 bridgehead atoms. The van der Waals surface area contributed by atoms with Crippen LogP contribution in [0.25, 0.3) is 0 Å². The third kappa shape index (κ3) is 4.14. The topological polar surface area (TPSA) is 20.2 Å². The number of allylic oxidation sites excluding steroid dienone is 1. The lowest BCUT2D eigenvalue weighted by Crippen LogP contribution is -2.08. The number of unbranched alkanes of at least 4 members (excludes halogenated alkanes) is 1. The third-order valence-corrected chi connectivity index (χ3v) is 3.26. The van der Waals surface area contributed by atoms with Gasteiger partial charge in [-0.2, -0.15) is 13.2 Å². The molecule has 0 saturated carbocycles. The molecule has 100 valence electrons. The fourth-order valence-corrected chi connectivity index (χ4v) is 2.06. The number of alkyl halides is 3. The summed E-state index contributed by atoms with van der Waals surface area (Å²) in [6.45, 7) is 3.55. The van der Waals surface area contributed by atoms with Gasteiger partial charge in [0, 0.05) is 4.47 Å². The zero-order chi connectivity index (χ0) is 13.8. The minimum absolute atomic E-state index is 0.0166. The van der Waals surface area contributed by atoms with Crippen LogP contribution in [0.15, 0.2) is 35.3 Å². The second-order valence-electron chi connectivity index (χ2n) is 3.97. The van der Waals surface area contributed by atoms with E-state index in [1.54, 1.807) is 6.08 Å². The zero-order valence-corrected chi connectivity index (χ0v) is 11.3. The van der Waals surface area contributed by atoms with Gasteiger partial charge in [-0.15, -0.1) is 6.58 Å². The molecule has 0 aliphatic carbocycles. The number of benzene rings is 1. The van der Waals surface area contributed by atoms with Crippen LogP contribution in [0, 0.1) is 0 Å². The van der Waals surface area contributed by atoms with Gasteiger partial charge in [-0.1, -0.05) is 28.1 Å². The summed E-state index contributed by atoms with van der Waals surface area (Å²) < 4.78 is 38.0. The van der Waals surface area contributed by atoms with E-state index in [9.17, 15) is 18.3 Å². The van der Waals surface area contributed by atoms with Crippen LogP contribution in [0.2, 0.25) is 0 Å². The van der Waals surface area contributed by atoms with Crippen molar-refractivity contribution in [1.82, 2.24) is 0 Å². The molecule has 0 spiro atoms. The van der Waals surface area contributed by atoms with Crippen molar-refractivity contribution in [3.05, 3.63) is 46.5 Å². The lowest BCUT2D eigenvalue weighted by molar-refractivity contribution is -0.138. The fourth-order valence-electron chi connectivity index (χ4n) is 1.59. The van der Waals surface area contributed by atoms with Crippen LogP contribution in [-0.2, 0) is 6.18 Å². The normalized spacial score (nSPS) is 13.4. The predicted octanol–water partition coefficient (Wildman–Crippen LogP) is 4.86. The van der Waals surface area contributed by atoms with E-state index in [1.165, 1.54) is 12.1 Å². The van der Waals surface area contributed by atoms with Gasteiger partial charge in [-0.25, -0.2) is 0 Å². The molecule has 0 saturated heterocycles. The Kier molecular flexibility index (Phi) is 5.41. The number of halogens is 4. The maximum atomic E-state index is 12.7. The Hall–Kier alpha value is -0.810. The summed E-state index contributed by atoms with van der Waals surface area (Å²) in [5.74, 6) is 0. The van der Waals surface area contributed by atoms with Crippen molar-refractivity contribution in [1.29, 1.82) is 0 Å². The number of hydrogen-bond donors (Lipinski definition) is 1. The summed E-state index contributed by atoms with van der Waals surface area (Å²) in [5.41, 5.74) is -0.475. The molecule has 0 aromatic heterocycles. The van der Waals surface area contributed by atoms with Crippen LogP contribution < -0.4 is 0 Å². The van der Waals surface area contributed by atoms with Gasteiger partial charge < -0.3 is 5.11 Å². The molecule has 5 heteroatoms. The minimum atomic E-state index is -4.42. The van der Waals surface area contributed by atoms with E-state index in [-0.39, 0.29) is 10.0 Å². The van der Waals surface area contributed by atoms with Crippen molar-refractivity contribution in [2.24, 2.45) is 0 Å². The minimum Gasteiger partial charge on any atom is -0.388 e. The quantitative estimate of drug-likeness (QED) is 0.606. The number of rotatable bonds is 5. The molecule has 1 atom stereocenters. The standard InChI is InChI=1S/C13H14BrF3O/c1-2-3-4-5-12(18)9-6-7-11(14)10(8-9)13(15,16)17/h2,6-8,12,18H,1,3-5H2. The Morgan fingerprint density at radius 2 is 2.06 bits per heavy atom. The summed E-state index contributed by atoms with van der Waals surface area (Å²) in [4.78, 5) is 0. The molecule has 0 fully saturated rings. The van der Waals surface area contributed by atoms with Crippen LogP contribution in [0.5, 0.6) is 0 Å². The fraction of sp³-hybridized carbons (Fsp3) is 0.385. The molecule has 1 rings (SSSR count). The van der Waals surface area contributed by atoms with Gasteiger partial charge in [0.15, 0.2) is 0 Å². The summed E-state index contributed by atoms with van der Waals surface area (Å²) in [7, 11) is 0. The number of hydrogen-bond acceptors (Lipinski definition) is 1. The molecule has 1 N–H and O–H groups in total. The van der Waals surface area contributed by atoms with Crippen molar-refractivity contribution in [3.63, 3.8) is 0 Å². The summed E-state index contributed by atoms with van der Waals surface area (Å²) in [5, 5.41) is 9.81. The average molecular weight is 323 g/mol. The van der Waals surface area contributed by atoms with Crippen molar-refractivity contribution in [2.45, 2.75) is 31.5 Å². The second kappa shape index (κ2) is 6.38. The second-order valence-corrected chi connectivity index (χ2v) is 4.83. The van der Waals surface area contributed by atoms with Crippen LogP contribution in [0.1, 0.15) is 36.5 Å². The molecule has 1 unspecified atom stereocenters. The van der Waals surface area contributed by atoms with Crippen molar-refractivity contribution in [2.75, 3.05) is 0 Å². The highest BCUT2D eigenvalue weighted by Crippen LogP contribution is 2.36. The van der Waals surface area contributed by atoms with E-state index in [0.29, 0.717) is 12.8 Å². The zero-order valence-electron chi connectivity index (χ0n) is 9.67. The van der Waals surface area contributed by atoms with Crippen LogP contribution in [-0.4, -0.2) is 5.11 Å². The first kappa shape index (κ1) is 15.2. The summed E-state index contributed by atoms with van der Waals surface area (Å²) in [6.07, 6.45) is -1.73. The molecular weight excluding hydrogens is 309 g/mol. The summed E-state index contributed by atoms with van der Waals surface area (Å²) in [6, 6.07) is 3.80. The van der Waals surface area contributed by atoms with E-state index in [2.05, 4.69) is 22.5 Å². The Morgan fingerprint density at radius 3 is 2.61 bits per heavy atom. The van der Waals surface area contributed by atoms with E-state index >= 15 is 0 Å². The molecule has 0 aliphatic heterocycles. The van der Waals surface area contributed by atoms with Crippen molar-refractivity contribution in [3.8, 4) is 0 Å². The molecule has 0 aliphatic rings. The lowest BCUT2D eigenvalue weighted by atomic mass is 10.0. The number of aliphatic hydroxyl groups excluding tert-OH is 1. The molecule has 0 amide bonds. The Bertz CT molecular complexity index is 415. The SMILES string of the molecule is C=CCCCC(O)c1ccc(Br)c(C(F)(F)F)c1. The largest absolute Gasteiger partial charge is 0.417 e. The third-order valence-electron chi connectivity index (χ3n) is 2.57. The van der Waals surface area contributed by atoms with Crippen LogP contribution >= 0.6 is 15.9 Å². The molecule has 0 radical (unpaired) electrons. The van der Waals surface area contributed by atoms with E-state index in [0.717, 1.165) is 12.5 Å². The van der Waals surface area contributed by atoms with Crippen LogP contribution in [0.4, 0.5) is 13.2 Å². The highest BCUT2D eigenvalue weighted by molar-refractivity contribution is 9.10. The van der Waals surface area contributed by atoms with Crippen molar-refractivity contribution >= 4 is 15.9 Å². The molecule has 0 heterocycles. The summed E-state index contributed by atoms with van der Waals surface area (Å²) >= 11 is 2.86. The van der Waals surface area contributed by atoms with E-state index in [1.807, 2.05) is 0 Å². The Labute approximate surface area is 112 Å². The van der Waals surface area contributed by atoms with Gasteiger partial charge >= 0.3 is 6.18 Å². The maximum absolute atomic E-state index is 12.7. The smallest absolute Gasteiger partial charge is 0.388 e. The van der Waals surface area contributed by atoms with Gasteiger partial charge in [0.05, 0.1) is 11.7 Å². The molecule has 1 nitrogen and oxygen atoms in total. The monoisotopic (exact) mass is 322 g/mol. The predicted molar refractivity (Wildman–Crippen MR) is 68.2 cm³/mol. The molecular formula is C13H14BrF3O. The molecule has 1 aromatic rings. The number of aliphatic hydroxyl groups is 1. The highest BCUT2D eigenvalue weighted by atomic mass is 79.9. The van der Waals surface area contributed by atoms with Gasteiger partial charge in [-0.05, 0) is 37.0 Å². The molecule has 18 heavy (non-hydrogen) atoms.